The van der Waals surface area contributed by atoms with E-state index in [1.165, 1.54) is 12.3 Å². The van der Waals surface area contributed by atoms with Crippen molar-refractivity contribution >= 4 is 28.7 Å². The Morgan fingerprint density at radius 1 is 1.14 bits per heavy atom. The van der Waals surface area contributed by atoms with Gasteiger partial charge in [0.2, 0.25) is 5.91 Å². The van der Waals surface area contributed by atoms with E-state index in [-0.39, 0.29) is 53.5 Å². The minimum Gasteiger partial charge on any atom is -0.458 e. The van der Waals surface area contributed by atoms with E-state index in [0.29, 0.717) is 37.2 Å². The van der Waals surface area contributed by atoms with Gasteiger partial charge in [0, 0.05) is 48.7 Å². The summed E-state index contributed by atoms with van der Waals surface area (Å²) in [6.07, 6.45) is 2.83. The Kier molecular flexibility index (Phi) is 6.92. The molecule has 10 heteroatoms. The number of rotatable bonds is 6. The lowest BCUT2D eigenvalue weighted by Crippen LogP contribution is -2.62. The molecule has 2 fully saturated rings. The molecule has 9 nitrogen and oxygen atoms in total. The van der Waals surface area contributed by atoms with Crippen molar-refractivity contribution in [2.24, 2.45) is 11.8 Å². The van der Waals surface area contributed by atoms with Gasteiger partial charge < -0.3 is 24.3 Å². The van der Waals surface area contributed by atoms with Crippen molar-refractivity contribution in [2.75, 3.05) is 26.3 Å². The average Bonchev–Trinajstić information content (AvgIpc) is 3.27. The first-order valence-corrected chi connectivity index (χ1v) is 12.4. The largest absolute Gasteiger partial charge is 0.458 e. The van der Waals surface area contributed by atoms with Crippen molar-refractivity contribution in [1.29, 1.82) is 0 Å². The number of carbonyl (C=O) groups excluding carboxylic acids is 3. The molecule has 1 N–H and O–H groups in total. The molecule has 2 atom stereocenters. The van der Waals surface area contributed by atoms with Crippen molar-refractivity contribution < 1.29 is 28.2 Å². The van der Waals surface area contributed by atoms with Gasteiger partial charge in [0.25, 0.3) is 5.91 Å². The molecule has 0 saturated carbocycles. The van der Waals surface area contributed by atoms with Gasteiger partial charge in [0.1, 0.15) is 12.4 Å². The molecule has 0 spiro atoms. The number of halogens is 1. The minimum atomic E-state index is -0.651. The van der Waals surface area contributed by atoms with Gasteiger partial charge in [-0.05, 0) is 44.2 Å². The van der Waals surface area contributed by atoms with Crippen LogP contribution in [0.25, 0.3) is 10.9 Å². The number of aromatic nitrogens is 2. The lowest BCUT2D eigenvalue weighted by atomic mass is 9.82. The van der Waals surface area contributed by atoms with Gasteiger partial charge in [0.15, 0.2) is 5.69 Å². The van der Waals surface area contributed by atoms with E-state index >= 15 is 0 Å². The minimum absolute atomic E-state index is 0.0295. The second-order valence-corrected chi connectivity index (χ2v) is 9.83. The monoisotopic (exact) mass is 508 g/mol. The maximum Gasteiger partial charge on any atom is 0.358 e. The Balaban J connectivity index is 1.28. The molecule has 1 aromatic carbocycles. The van der Waals surface area contributed by atoms with E-state index in [2.05, 4.69) is 10.3 Å². The molecule has 2 saturated heterocycles. The molecule has 2 aromatic heterocycles. The number of nitrogens with one attached hydrogen (secondary N) is 1. The van der Waals surface area contributed by atoms with Crippen LogP contribution in [-0.4, -0.2) is 70.7 Å². The number of hydrogen-bond donors (Lipinski definition) is 1. The highest BCUT2D eigenvalue weighted by atomic mass is 19.1. The van der Waals surface area contributed by atoms with Gasteiger partial charge in [-0.25, -0.2) is 14.2 Å². The summed E-state index contributed by atoms with van der Waals surface area (Å²) in [6, 6.07) is 9.42. The van der Waals surface area contributed by atoms with E-state index in [1.807, 2.05) is 0 Å². The summed E-state index contributed by atoms with van der Waals surface area (Å²) in [5, 5.41) is 3.55. The van der Waals surface area contributed by atoms with Crippen LogP contribution < -0.4 is 5.32 Å². The number of nitrogens with zero attached hydrogens (tertiary/aromatic N) is 3. The molecule has 0 unspecified atom stereocenters. The number of esters is 1. The van der Waals surface area contributed by atoms with Crippen LogP contribution in [-0.2, 0) is 20.8 Å². The van der Waals surface area contributed by atoms with E-state index in [9.17, 15) is 18.8 Å². The van der Waals surface area contributed by atoms with Gasteiger partial charge in [-0.3, -0.25) is 9.59 Å². The first kappa shape index (κ1) is 24.9. The van der Waals surface area contributed by atoms with Gasteiger partial charge in [0.05, 0.1) is 30.4 Å². The predicted molar refractivity (Wildman–Crippen MR) is 132 cm³/mol. The molecule has 2 amide bonds. The fourth-order valence-corrected chi connectivity index (χ4v) is 5.20. The van der Waals surface area contributed by atoms with E-state index in [0.717, 1.165) is 0 Å². The number of pyridine rings is 1. The van der Waals surface area contributed by atoms with E-state index < -0.39 is 11.9 Å². The molecule has 37 heavy (non-hydrogen) atoms. The predicted octanol–water partition coefficient (Wildman–Crippen LogP) is 2.64. The standard InChI is InChI=1S/C27H29FN4O5/c1-16(2)37-27(35)25-20(5-4-9-29-25)26(34)30-24-17-11-32(12-18(24)15-36-14-17)23(33)13-31-10-8-19-21(28)6-3-7-22(19)31/h3-10,16-18,24H,11-15H2,1-2H3,(H,30,34)/t17-,18-/m0/s1. The molecule has 194 valence electrons. The molecule has 2 aliphatic rings. The number of benzene rings is 1. The average molecular weight is 509 g/mol. The number of carbonyl (C=O) groups is 3. The number of fused-ring (bicyclic) bond motifs is 3. The highest BCUT2D eigenvalue weighted by Crippen LogP contribution is 2.29. The number of amides is 2. The highest BCUT2D eigenvalue weighted by molar-refractivity contribution is 6.04. The summed E-state index contributed by atoms with van der Waals surface area (Å²) in [7, 11) is 0. The van der Waals surface area contributed by atoms with Crippen molar-refractivity contribution in [1.82, 2.24) is 19.8 Å². The molecule has 0 aliphatic carbocycles. The molecule has 2 aliphatic heterocycles. The molecule has 4 heterocycles. The first-order chi connectivity index (χ1) is 17.8. The number of piperidine rings is 1. The van der Waals surface area contributed by atoms with Crippen LogP contribution in [0.1, 0.15) is 34.7 Å². The quantitative estimate of drug-likeness (QED) is 0.514. The van der Waals surface area contributed by atoms with Crippen LogP contribution in [0.2, 0.25) is 0 Å². The summed E-state index contributed by atoms with van der Waals surface area (Å²) in [6.45, 7) is 5.20. The summed E-state index contributed by atoms with van der Waals surface area (Å²) < 4.78 is 26.8. The topological polar surface area (TPSA) is 103 Å². The smallest absolute Gasteiger partial charge is 0.358 e. The fraction of sp³-hybridized carbons (Fsp3) is 0.407. The number of likely N-dealkylation sites (tertiary alicyclic amines) is 1. The van der Waals surface area contributed by atoms with Crippen LogP contribution in [0, 0.1) is 17.7 Å². The third-order valence-electron chi connectivity index (χ3n) is 6.89. The maximum absolute atomic E-state index is 14.1. The Hall–Kier alpha value is -3.79. The SMILES string of the molecule is CC(C)OC(=O)c1ncccc1C(=O)NC1[C@@H]2COC[C@@H]1CN(C(=O)Cn1ccc3c(F)cccc31)C2. The van der Waals surface area contributed by atoms with Gasteiger partial charge in [-0.1, -0.05) is 6.07 Å². The zero-order chi connectivity index (χ0) is 26.1. The van der Waals surface area contributed by atoms with Crippen LogP contribution in [0.4, 0.5) is 4.39 Å². The number of hydrogen-bond acceptors (Lipinski definition) is 6. The summed E-state index contributed by atoms with van der Waals surface area (Å²) >= 11 is 0. The fourth-order valence-electron chi connectivity index (χ4n) is 5.20. The number of ether oxygens (including phenoxy) is 2. The van der Waals surface area contributed by atoms with Crippen molar-refractivity contribution in [3.63, 3.8) is 0 Å². The Morgan fingerprint density at radius 3 is 2.62 bits per heavy atom. The second kappa shape index (κ2) is 10.3. The van der Waals surface area contributed by atoms with Crippen molar-refractivity contribution in [2.45, 2.75) is 32.5 Å². The molecule has 2 bridgehead atoms. The van der Waals surface area contributed by atoms with E-state index in [1.54, 1.807) is 59.8 Å². The maximum atomic E-state index is 14.1. The summed E-state index contributed by atoms with van der Waals surface area (Å²) in [5.41, 5.74) is 0.790. The summed E-state index contributed by atoms with van der Waals surface area (Å²) in [4.78, 5) is 44.8. The van der Waals surface area contributed by atoms with Gasteiger partial charge >= 0.3 is 5.97 Å². The second-order valence-electron chi connectivity index (χ2n) is 9.83. The van der Waals surface area contributed by atoms with Crippen LogP contribution >= 0.6 is 0 Å². The molecular weight excluding hydrogens is 479 g/mol. The lowest BCUT2D eigenvalue weighted by Gasteiger charge is -2.47. The highest BCUT2D eigenvalue weighted by Gasteiger charge is 2.42. The van der Waals surface area contributed by atoms with Crippen molar-refractivity contribution in [3.05, 3.63) is 65.9 Å². The van der Waals surface area contributed by atoms with Crippen LogP contribution in [0.3, 0.4) is 0 Å². The molecule has 0 radical (unpaired) electrons. The van der Waals surface area contributed by atoms with Crippen LogP contribution in [0.5, 0.6) is 0 Å². The summed E-state index contributed by atoms with van der Waals surface area (Å²) in [5.74, 6) is -1.67. The Morgan fingerprint density at radius 2 is 1.89 bits per heavy atom. The van der Waals surface area contributed by atoms with Gasteiger partial charge in [-0.2, -0.15) is 0 Å². The Labute approximate surface area is 213 Å². The third-order valence-corrected chi connectivity index (χ3v) is 6.89. The molecular formula is C27H29FN4O5. The Bertz CT molecular complexity index is 1330. The zero-order valence-corrected chi connectivity index (χ0v) is 20.7. The molecule has 3 aromatic rings. The molecule has 5 rings (SSSR count). The van der Waals surface area contributed by atoms with E-state index in [4.69, 9.17) is 9.47 Å². The van der Waals surface area contributed by atoms with Gasteiger partial charge in [-0.15, -0.1) is 0 Å². The third kappa shape index (κ3) is 5.06. The van der Waals surface area contributed by atoms with Crippen molar-refractivity contribution in [3.8, 4) is 0 Å². The zero-order valence-electron chi connectivity index (χ0n) is 20.7. The van der Waals surface area contributed by atoms with Crippen LogP contribution in [0.15, 0.2) is 48.8 Å². The normalized spacial score (nSPS) is 21.2. The lowest BCUT2D eigenvalue weighted by molar-refractivity contribution is -0.140. The first-order valence-electron chi connectivity index (χ1n) is 12.4.